The van der Waals surface area contributed by atoms with Crippen LogP contribution in [0.5, 0.6) is 0 Å². The quantitative estimate of drug-likeness (QED) is 0.423. The predicted molar refractivity (Wildman–Crippen MR) is 72.3 cm³/mol. The lowest BCUT2D eigenvalue weighted by Gasteiger charge is -2.02. The van der Waals surface area contributed by atoms with Crippen molar-refractivity contribution in [2.24, 2.45) is 0 Å². The molecule has 1 heterocycles. The second kappa shape index (κ2) is 3.68. The molecule has 0 radical (unpaired) electrons. The fourth-order valence-electron chi connectivity index (χ4n) is 1.77. The predicted octanol–water partition coefficient (Wildman–Crippen LogP) is 5.08. The van der Waals surface area contributed by atoms with Crippen molar-refractivity contribution in [3.8, 4) is 0 Å². The number of hydrogen-bond acceptors (Lipinski definition) is 2. The molecule has 0 aliphatic heterocycles. The third kappa shape index (κ3) is 1.47. The summed E-state index contributed by atoms with van der Waals surface area (Å²) in [5.74, 6) is 0. The maximum atomic E-state index is 5.81. The van der Waals surface area contributed by atoms with E-state index in [1.54, 1.807) is 0 Å². The molecule has 2 aromatic carbocycles. The Morgan fingerprint density at radius 3 is 2.56 bits per heavy atom. The van der Waals surface area contributed by atoms with Gasteiger partial charge in [-0.2, -0.15) is 0 Å². The second-order valence-electron chi connectivity index (χ2n) is 3.57. The highest BCUT2D eigenvalue weighted by Crippen LogP contribution is 2.27. The standard InChI is InChI=1S/C13H7BrOS/c14-8-5-6-10-12(7-8)15-11-4-2-1-3-9(11)13(10)16/h1-7H. The van der Waals surface area contributed by atoms with Crippen LogP contribution in [0.3, 0.4) is 0 Å². The lowest BCUT2D eigenvalue weighted by molar-refractivity contribution is 0.660. The third-order valence-electron chi connectivity index (χ3n) is 2.54. The van der Waals surface area contributed by atoms with Crippen molar-refractivity contribution in [3.05, 3.63) is 51.4 Å². The van der Waals surface area contributed by atoms with E-state index in [2.05, 4.69) is 15.9 Å². The number of halogens is 1. The summed E-state index contributed by atoms with van der Waals surface area (Å²) in [6, 6.07) is 13.7. The van der Waals surface area contributed by atoms with E-state index < -0.39 is 0 Å². The molecular formula is C13H7BrOS. The molecule has 0 N–H and O–H groups in total. The van der Waals surface area contributed by atoms with Crippen molar-refractivity contribution >= 4 is 50.1 Å². The molecule has 0 aliphatic rings. The summed E-state index contributed by atoms with van der Waals surface area (Å²) >= 11 is 8.89. The Kier molecular flexibility index (Phi) is 2.30. The highest BCUT2D eigenvalue weighted by Gasteiger charge is 2.04. The Hall–Kier alpha value is -1.19. The number of benzene rings is 2. The molecule has 0 atom stereocenters. The highest BCUT2D eigenvalue weighted by molar-refractivity contribution is 9.10. The minimum Gasteiger partial charge on any atom is -0.456 e. The van der Waals surface area contributed by atoms with Gasteiger partial charge in [0.2, 0.25) is 0 Å². The first-order valence-electron chi connectivity index (χ1n) is 4.87. The number of rotatable bonds is 0. The molecule has 3 aromatic rings. The van der Waals surface area contributed by atoms with Crippen molar-refractivity contribution in [3.63, 3.8) is 0 Å². The zero-order valence-corrected chi connectivity index (χ0v) is 10.6. The zero-order valence-electron chi connectivity index (χ0n) is 8.24. The number of para-hydroxylation sites is 1. The summed E-state index contributed by atoms with van der Waals surface area (Å²) in [6.07, 6.45) is 0. The van der Waals surface area contributed by atoms with Crippen LogP contribution in [0.2, 0.25) is 0 Å². The van der Waals surface area contributed by atoms with Gasteiger partial charge in [-0.1, -0.05) is 40.3 Å². The topological polar surface area (TPSA) is 13.1 Å². The van der Waals surface area contributed by atoms with Gasteiger partial charge in [0.25, 0.3) is 0 Å². The lowest BCUT2D eigenvalue weighted by atomic mass is 10.1. The summed E-state index contributed by atoms with van der Waals surface area (Å²) in [6.45, 7) is 0. The van der Waals surface area contributed by atoms with E-state index >= 15 is 0 Å². The van der Waals surface area contributed by atoms with Gasteiger partial charge in [-0.3, -0.25) is 0 Å². The maximum Gasteiger partial charge on any atom is 0.137 e. The first kappa shape index (κ1) is 10.00. The van der Waals surface area contributed by atoms with Gasteiger partial charge in [0.1, 0.15) is 11.2 Å². The molecule has 3 heteroatoms. The molecule has 0 saturated carbocycles. The number of fused-ring (bicyclic) bond motifs is 2. The first-order chi connectivity index (χ1) is 7.75. The van der Waals surface area contributed by atoms with Gasteiger partial charge in [-0.05, 0) is 30.3 Å². The summed E-state index contributed by atoms with van der Waals surface area (Å²) in [5.41, 5.74) is 1.65. The lowest BCUT2D eigenvalue weighted by Crippen LogP contribution is -1.78. The van der Waals surface area contributed by atoms with E-state index in [0.29, 0.717) is 0 Å². The van der Waals surface area contributed by atoms with Crippen molar-refractivity contribution in [1.29, 1.82) is 0 Å². The fraction of sp³-hybridized carbons (Fsp3) is 0. The van der Waals surface area contributed by atoms with Crippen LogP contribution in [0.15, 0.2) is 51.4 Å². The van der Waals surface area contributed by atoms with Crippen LogP contribution in [-0.2, 0) is 0 Å². The molecule has 78 valence electrons. The van der Waals surface area contributed by atoms with Crippen LogP contribution in [0, 0.1) is 4.51 Å². The van der Waals surface area contributed by atoms with E-state index in [-0.39, 0.29) is 0 Å². The molecule has 0 amide bonds. The largest absolute Gasteiger partial charge is 0.456 e. The van der Waals surface area contributed by atoms with Crippen LogP contribution in [0.25, 0.3) is 21.9 Å². The molecule has 0 bridgehead atoms. The molecule has 0 unspecified atom stereocenters. The highest BCUT2D eigenvalue weighted by atomic mass is 79.9. The minimum atomic E-state index is 0.818. The van der Waals surface area contributed by atoms with Gasteiger partial charge >= 0.3 is 0 Å². The molecule has 0 saturated heterocycles. The van der Waals surface area contributed by atoms with E-state index in [0.717, 1.165) is 30.9 Å². The van der Waals surface area contributed by atoms with Crippen molar-refractivity contribution in [1.82, 2.24) is 0 Å². The van der Waals surface area contributed by atoms with Gasteiger partial charge in [0, 0.05) is 15.2 Å². The minimum absolute atomic E-state index is 0.818. The van der Waals surface area contributed by atoms with Gasteiger partial charge < -0.3 is 4.42 Å². The number of hydrogen-bond donors (Lipinski definition) is 0. The van der Waals surface area contributed by atoms with Crippen LogP contribution in [-0.4, -0.2) is 0 Å². The van der Waals surface area contributed by atoms with Crippen LogP contribution in [0.1, 0.15) is 0 Å². The Morgan fingerprint density at radius 2 is 1.69 bits per heavy atom. The van der Waals surface area contributed by atoms with E-state index in [1.807, 2.05) is 42.5 Å². The van der Waals surface area contributed by atoms with Crippen molar-refractivity contribution in [2.45, 2.75) is 0 Å². The first-order valence-corrected chi connectivity index (χ1v) is 6.07. The maximum absolute atomic E-state index is 5.81. The fourth-order valence-corrected chi connectivity index (χ4v) is 2.45. The van der Waals surface area contributed by atoms with Crippen LogP contribution < -0.4 is 0 Å². The van der Waals surface area contributed by atoms with Crippen LogP contribution >= 0.6 is 28.1 Å². The van der Waals surface area contributed by atoms with E-state index in [4.69, 9.17) is 16.6 Å². The molecule has 3 rings (SSSR count). The Morgan fingerprint density at radius 1 is 0.938 bits per heavy atom. The molecule has 1 aromatic heterocycles. The molecule has 16 heavy (non-hydrogen) atoms. The molecule has 0 aliphatic carbocycles. The van der Waals surface area contributed by atoms with Crippen molar-refractivity contribution < 1.29 is 4.42 Å². The van der Waals surface area contributed by atoms with E-state index in [1.165, 1.54) is 0 Å². The van der Waals surface area contributed by atoms with Crippen molar-refractivity contribution in [2.75, 3.05) is 0 Å². The SMILES string of the molecule is S=c1c2ccccc2oc2cc(Br)ccc12. The average molecular weight is 291 g/mol. The summed E-state index contributed by atoms with van der Waals surface area (Å²) in [4.78, 5) is 0. The van der Waals surface area contributed by atoms with E-state index in [9.17, 15) is 0 Å². The monoisotopic (exact) mass is 290 g/mol. The normalized spacial score (nSPS) is 11.1. The molecular weight excluding hydrogens is 284 g/mol. The average Bonchev–Trinajstić information content (AvgIpc) is 2.29. The molecule has 0 fully saturated rings. The van der Waals surface area contributed by atoms with Gasteiger partial charge in [0.15, 0.2) is 0 Å². The van der Waals surface area contributed by atoms with Gasteiger partial charge in [0.05, 0.1) is 4.51 Å². The molecule has 1 nitrogen and oxygen atoms in total. The Bertz CT molecular complexity index is 746. The summed E-state index contributed by atoms with van der Waals surface area (Å²) < 4.78 is 7.66. The van der Waals surface area contributed by atoms with Gasteiger partial charge in [-0.25, -0.2) is 0 Å². The molecule has 0 spiro atoms. The zero-order chi connectivity index (χ0) is 11.1. The van der Waals surface area contributed by atoms with Gasteiger partial charge in [-0.15, -0.1) is 0 Å². The third-order valence-corrected chi connectivity index (χ3v) is 3.47. The van der Waals surface area contributed by atoms with Crippen LogP contribution in [0.4, 0.5) is 0 Å². The second-order valence-corrected chi connectivity index (χ2v) is 4.89. The Labute approximate surface area is 106 Å². The summed E-state index contributed by atoms with van der Waals surface area (Å²) in [5, 5.41) is 1.98. The smallest absolute Gasteiger partial charge is 0.137 e. The Balaban J connectivity index is 2.61. The summed E-state index contributed by atoms with van der Waals surface area (Å²) in [7, 11) is 0.